The van der Waals surface area contributed by atoms with Gasteiger partial charge in [-0.2, -0.15) is 0 Å². The SMILES string of the molecule is O=C(Nc1ccc(C2CCC2)cc1)N1CC[C@@H](CO)C1. The van der Waals surface area contributed by atoms with Crippen LogP contribution in [0.3, 0.4) is 0 Å². The van der Waals surface area contributed by atoms with Crippen molar-refractivity contribution < 1.29 is 9.90 Å². The molecule has 1 aliphatic heterocycles. The van der Waals surface area contributed by atoms with Gasteiger partial charge in [0.1, 0.15) is 0 Å². The maximum Gasteiger partial charge on any atom is 0.321 e. The summed E-state index contributed by atoms with van der Waals surface area (Å²) in [5.74, 6) is 0.963. The Morgan fingerprint density at radius 2 is 2.00 bits per heavy atom. The molecular weight excluding hydrogens is 252 g/mol. The number of anilines is 1. The third kappa shape index (κ3) is 2.80. The lowest BCUT2D eigenvalue weighted by atomic mass is 9.80. The number of carbonyl (C=O) groups is 1. The number of likely N-dealkylation sites (tertiary alicyclic amines) is 1. The molecule has 2 amide bonds. The van der Waals surface area contributed by atoms with E-state index in [1.807, 2.05) is 12.1 Å². The van der Waals surface area contributed by atoms with Crippen LogP contribution < -0.4 is 5.32 Å². The number of hydrogen-bond acceptors (Lipinski definition) is 2. The summed E-state index contributed by atoms with van der Waals surface area (Å²) in [5, 5.41) is 12.0. The first-order valence-electron chi connectivity index (χ1n) is 7.53. The summed E-state index contributed by atoms with van der Waals surface area (Å²) in [6.07, 6.45) is 4.82. The average Bonchev–Trinajstić information content (AvgIpc) is 2.88. The second kappa shape index (κ2) is 5.83. The molecule has 1 saturated heterocycles. The number of hydrogen-bond donors (Lipinski definition) is 2. The number of nitrogens with zero attached hydrogens (tertiary/aromatic N) is 1. The lowest BCUT2D eigenvalue weighted by Crippen LogP contribution is -2.33. The minimum absolute atomic E-state index is 0.0580. The van der Waals surface area contributed by atoms with Crippen molar-refractivity contribution in [3.8, 4) is 0 Å². The Morgan fingerprint density at radius 3 is 2.55 bits per heavy atom. The topological polar surface area (TPSA) is 52.6 Å². The highest BCUT2D eigenvalue weighted by molar-refractivity contribution is 5.89. The monoisotopic (exact) mass is 274 g/mol. The average molecular weight is 274 g/mol. The van der Waals surface area contributed by atoms with Crippen LogP contribution in [0.1, 0.15) is 37.2 Å². The summed E-state index contributed by atoms with van der Waals surface area (Å²) in [5.41, 5.74) is 2.24. The summed E-state index contributed by atoms with van der Waals surface area (Å²) >= 11 is 0. The second-order valence-electron chi connectivity index (χ2n) is 5.96. The van der Waals surface area contributed by atoms with Gasteiger partial charge in [0.25, 0.3) is 0 Å². The van der Waals surface area contributed by atoms with Crippen molar-refractivity contribution in [3.05, 3.63) is 29.8 Å². The fourth-order valence-electron chi connectivity index (χ4n) is 2.95. The zero-order chi connectivity index (χ0) is 13.9. The molecule has 0 bridgehead atoms. The van der Waals surface area contributed by atoms with Crippen molar-refractivity contribution in [2.45, 2.75) is 31.6 Å². The molecule has 1 saturated carbocycles. The number of benzene rings is 1. The Kier molecular flexibility index (Phi) is 3.92. The van der Waals surface area contributed by atoms with Gasteiger partial charge in [0.05, 0.1) is 0 Å². The van der Waals surface area contributed by atoms with E-state index in [1.54, 1.807) is 4.90 Å². The second-order valence-corrected chi connectivity index (χ2v) is 5.96. The molecule has 1 heterocycles. The van der Waals surface area contributed by atoms with E-state index in [2.05, 4.69) is 17.4 Å². The van der Waals surface area contributed by atoms with Crippen LogP contribution in [0.5, 0.6) is 0 Å². The minimum atomic E-state index is -0.0580. The molecule has 1 aromatic carbocycles. The fraction of sp³-hybridized carbons (Fsp3) is 0.562. The highest BCUT2D eigenvalue weighted by Crippen LogP contribution is 2.36. The van der Waals surface area contributed by atoms with Crippen LogP contribution in [-0.2, 0) is 0 Å². The van der Waals surface area contributed by atoms with E-state index in [9.17, 15) is 4.79 Å². The molecule has 4 nitrogen and oxygen atoms in total. The first-order chi connectivity index (χ1) is 9.76. The van der Waals surface area contributed by atoms with Gasteiger partial charge in [0.15, 0.2) is 0 Å². The van der Waals surface area contributed by atoms with Crippen molar-refractivity contribution in [1.82, 2.24) is 4.90 Å². The van der Waals surface area contributed by atoms with Crippen LogP contribution in [0.2, 0.25) is 0 Å². The van der Waals surface area contributed by atoms with E-state index in [1.165, 1.54) is 24.8 Å². The first kappa shape index (κ1) is 13.4. The molecule has 1 aliphatic carbocycles. The molecule has 1 aromatic rings. The molecule has 2 aliphatic rings. The van der Waals surface area contributed by atoms with E-state index in [-0.39, 0.29) is 18.6 Å². The number of aliphatic hydroxyl groups is 1. The molecule has 2 fully saturated rings. The number of urea groups is 1. The zero-order valence-electron chi connectivity index (χ0n) is 11.7. The highest BCUT2D eigenvalue weighted by atomic mass is 16.3. The summed E-state index contributed by atoms with van der Waals surface area (Å²) in [6.45, 7) is 1.56. The Morgan fingerprint density at radius 1 is 1.25 bits per heavy atom. The molecule has 3 rings (SSSR count). The van der Waals surface area contributed by atoms with Gasteiger partial charge < -0.3 is 15.3 Å². The largest absolute Gasteiger partial charge is 0.396 e. The predicted octanol–water partition coefficient (Wildman–Crippen LogP) is 2.80. The van der Waals surface area contributed by atoms with E-state index in [0.717, 1.165) is 24.6 Å². The number of nitrogens with one attached hydrogen (secondary N) is 1. The Hall–Kier alpha value is -1.55. The molecule has 0 spiro atoms. The standard InChI is InChI=1S/C16H22N2O2/c19-11-12-8-9-18(10-12)16(20)17-15-6-4-14(5-7-15)13-2-1-3-13/h4-7,12-13,19H,1-3,8-11H2,(H,17,20)/t12-/m1/s1. The molecule has 4 heteroatoms. The summed E-state index contributed by atoms with van der Waals surface area (Å²) < 4.78 is 0. The molecule has 0 unspecified atom stereocenters. The normalized spacial score (nSPS) is 22.6. The van der Waals surface area contributed by atoms with Crippen LogP contribution in [0, 0.1) is 5.92 Å². The fourth-order valence-corrected chi connectivity index (χ4v) is 2.95. The van der Waals surface area contributed by atoms with Crippen molar-refractivity contribution in [1.29, 1.82) is 0 Å². The lowest BCUT2D eigenvalue weighted by Gasteiger charge is -2.26. The molecule has 0 radical (unpaired) electrons. The van der Waals surface area contributed by atoms with Crippen LogP contribution in [0.4, 0.5) is 10.5 Å². The van der Waals surface area contributed by atoms with Crippen LogP contribution in [0.25, 0.3) is 0 Å². The van der Waals surface area contributed by atoms with Gasteiger partial charge >= 0.3 is 6.03 Å². The summed E-state index contributed by atoms with van der Waals surface area (Å²) in [6, 6.07) is 8.17. The molecular formula is C16H22N2O2. The highest BCUT2D eigenvalue weighted by Gasteiger charge is 2.25. The first-order valence-corrected chi connectivity index (χ1v) is 7.53. The molecule has 0 aromatic heterocycles. The maximum absolute atomic E-state index is 12.1. The number of aliphatic hydroxyl groups excluding tert-OH is 1. The smallest absolute Gasteiger partial charge is 0.321 e. The van der Waals surface area contributed by atoms with Crippen molar-refractivity contribution in [3.63, 3.8) is 0 Å². The van der Waals surface area contributed by atoms with Crippen LogP contribution in [0.15, 0.2) is 24.3 Å². The zero-order valence-corrected chi connectivity index (χ0v) is 11.7. The van der Waals surface area contributed by atoms with Crippen molar-refractivity contribution >= 4 is 11.7 Å². The van der Waals surface area contributed by atoms with Gasteiger partial charge in [0, 0.05) is 31.3 Å². The van der Waals surface area contributed by atoms with Gasteiger partial charge in [-0.05, 0) is 42.9 Å². The van der Waals surface area contributed by atoms with Crippen molar-refractivity contribution in [2.24, 2.45) is 5.92 Å². The van der Waals surface area contributed by atoms with Gasteiger partial charge in [-0.25, -0.2) is 4.79 Å². The van der Waals surface area contributed by atoms with Crippen molar-refractivity contribution in [2.75, 3.05) is 25.0 Å². The Bertz CT molecular complexity index is 468. The van der Waals surface area contributed by atoms with Gasteiger partial charge in [-0.3, -0.25) is 0 Å². The third-order valence-corrected chi connectivity index (χ3v) is 4.57. The molecule has 108 valence electrons. The van der Waals surface area contributed by atoms with E-state index >= 15 is 0 Å². The van der Waals surface area contributed by atoms with E-state index < -0.39 is 0 Å². The molecule has 1 atom stereocenters. The molecule has 2 N–H and O–H groups in total. The Labute approximate surface area is 119 Å². The van der Waals surface area contributed by atoms with Gasteiger partial charge in [-0.15, -0.1) is 0 Å². The third-order valence-electron chi connectivity index (χ3n) is 4.57. The van der Waals surface area contributed by atoms with E-state index in [4.69, 9.17) is 5.11 Å². The van der Waals surface area contributed by atoms with Crippen LogP contribution in [-0.4, -0.2) is 35.7 Å². The lowest BCUT2D eigenvalue weighted by molar-refractivity contribution is 0.209. The van der Waals surface area contributed by atoms with E-state index in [0.29, 0.717) is 6.54 Å². The quantitative estimate of drug-likeness (QED) is 0.890. The minimum Gasteiger partial charge on any atom is -0.396 e. The number of rotatable bonds is 3. The van der Waals surface area contributed by atoms with Crippen LogP contribution >= 0.6 is 0 Å². The number of carbonyl (C=O) groups excluding carboxylic acids is 1. The van der Waals surface area contributed by atoms with Gasteiger partial charge in [-0.1, -0.05) is 18.6 Å². The Balaban J connectivity index is 1.55. The maximum atomic E-state index is 12.1. The predicted molar refractivity (Wildman–Crippen MR) is 78.8 cm³/mol. The molecule has 20 heavy (non-hydrogen) atoms. The summed E-state index contributed by atoms with van der Waals surface area (Å²) in [7, 11) is 0. The van der Waals surface area contributed by atoms with Gasteiger partial charge in [0.2, 0.25) is 0 Å². The number of amides is 2. The summed E-state index contributed by atoms with van der Waals surface area (Å²) in [4.78, 5) is 13.9.